The predicted octanol–water partition coefficient (Wildman–Crippen LogP) is 0.750. The first-order valence-electron chi connectivity index (χ1n) is 5.12. The van der Waals surface area contributed by atoms with E-state index >= 15 is 0 Å². The predicted molar refractivity (Wildman–Crippen MR) is 66.5 cm³/mol. The number of hydrogen-bond donors (Lipinski definition) is 3. The number of nitrogens with zero attached hydrogens (tertiary/aromatic N) is 1. The zero-order valence-electron chi connectivity index (χ0n) is 9.17. The average Bonchev–Trinajstić information content (AvgIpc) is 2.74. The first-order valence-corrected chi connectivity index (χ1v) is 6.77. The number of H-pyrrole nitrogens is 1. The van der Waals surface area contributed by atoms with Gasteiger partial charge in [-0.15, -0.1) is 0 Å². The zero-order valence-corrected chi connectivity index (χ0v) is 9.99. The van der Waals surface area contributed by atoms with E-state index in [9.17, 15) is 8.42 Å². The molecule has 0 radical (unpaired) electrons. The van der Waals surface area contributed by atoms with Gasteiger partial charge in [-0.2, -0.15) is 5.10 Å². The van der Waals surface area contributed by atoms with E-state index in [1.807, 2.05) is 0 Å². The molecule has 4 N–H and O–H groups in total. The number of anilines is 2. The first kappa shape index (κ1) is 10.9. The van der Waals surface area contributed by atoms with Crippen molar-refractivity contribution in [2.24, 2.45) is 0 Å². The van der Waals surface area contributed by atoms with Crippen LogP contribution in [0.3, 0.4) is 0 Å². The van der Waals surface area contributed by atoms with Gasteiger partial charge in [0.15, 0.2) is 0 Å². The van der Waals surface area contributed by atoms with Crippen LogP contribution in [0, 0.1) is 0 Å². The van der Waals surface area contributed by atoms with Crippen molar-refractivity contribution < 1.29 is 13.2 Å². The minimum atomic E-state index is -3.41. The number of aromatic nitrogens is 2. The van der Waals surface area contributed by atoms with Crippen molar-refractivity contribution in [3.63, 3.8) is 0 Å². The molecule has 0 spiro atoms. The molecule has 0 saturated carbocycles. The summed E-state index contributed by atoms with van der Waals surface area (Å²) in [5.41, 5.74) is 7.41. The fourth-order valence-electron chi connectivity index (χ4n) is 1.73. The summed E-state index contributed by atoms with van der Waals surface area (Å²) in [7, 11) is -3.41. The molecule has 1 aromatic carbocycles. The largest absolute Gasteiger partial charge is 0.474 e. The Labute approximate surface area is 103 Å². The standard InChI is InChI=1S/C10H10N4O3S/c11-10-4-7(12-13-10)6-1-2-9-8(3-6)14-18(15,16)5-17-9/h1-4,14H,5H2,(H3,11,12,13). The summed E-state index contributed by atoms with van der Waals surface area (Å²) in [5, 5.41) is 6.57. The number of hydrogen-bond acceptors (Lipinski definition) is 5. The summed E-state index contributed by atoms with van der Waals surface area (Å²) in [5.74, 6) is 0.511. The van der Waals surface area contributed by atoms with Crippen molar-refractivity contribution in [1.29, 1.82) is 0 Å². The number of nitrogen functional groups attached to an aromatic ring is 1. The summed E-state index contributed by atoms with van der Waals surface area (Å²) >= 11 is 0. The summed E-state index contributed by atoms with van der Waals surface area (Å²) < 4.78 is 30.3. The number of rotatable bonds is 1. The number of nitrogens with two attached hydrogens (primary N) is 1. The van der Waals surface area contributed by atoms with E-state index in [-0.39, 0.29) is 5.94 Å². The molecule has 94 valence electrons. The highest BCUT2D eigenvalue weighted by Crippen LogP contribution is 2.33. The molecule has 0 bridgehead atoms. The zero-order chi connectivity index (χ0) is 12.8. The second-order valence-electron chi connectivity index (χ2n) is 3.90. The van der Waals surface area contributed by atoms with Crippen LogP contribution in [0.25, 0.3) is 11.3 Å². The van der Waals surface area contributed by atoms with Gasteiger partial charge in [0.1, 0.15) is 11.6 Å². The van der Waals surface area contributed by atoms with E-state index in [1.54, 1.807) is 24.3 Å². The Kier molecular flexibility index (Phi) is 2.20. The van der Waals surface area contributed by atoms with E-state index in [0.717, 1.165) is 5.56 Å². The van der Waals surface area contributed by atoms with Crippen LogP contribution < -0.4 is 15.2 Å². The van der Waals surface area contributed by atoms with Crippen LogP contribution in [-0.2, 0) is 10.0 Å². The van der Waals surface area contributed by atoms with E-state index in [0.29, 0.717) is 22.9 Å². The summed E-state index contributed by atoms with van der Waals surface area (Å²) in [6, 6.07) is 6.83. The van der Waals surface area contributed by atoms with Crippen molar-refractivity contribution in [2.45, 2.75) is 0 Å². The molecule has 2 aromatic rings. The molecule has 0 fully saturated rings. The van der Waals surface area contributed by atoms with Gasteiger partial charge in [-0.3, -0.25) is 9.82 Å². The maximum atomic E-state index is 11.4. The molecule has 0 atom stereocenters. The van der Waals surface area contributed by atoms with Crippen molar-refractivity contribution in [1.82, 2.24) is 10.2 Å². The fraction of sp³-hybridized carbons (Fsp3) is 0.100. The smallest absolute Gasteiger partial charge is 0.268 e. The Hall–Kier alpha value is -2.22. The highest BCUT2D eigenvalue weighted by Gasteiger charge is 2.21. The topological polar surface area (TPSA) is 110 Å². The molecule has 3 rings (SSSR count). The molecule has 1 aliphatic rings. The number of ether oxygens (including phenoxy) is 1. The first-order chi connectivity index (χ1) is 8.53. The molecule has 0 amide bonds. The normalized spacial score (nSPS) is 16.4. The molecular weight excluding hydrogens is 256 g/mol. The number of fused-ring (bicyclic) bond motifs is 1. The SMILES string of the molecule is Nc1cc(-c2ccc3c(c2)NS(=O)(=O)CO3)[nH]n1. The van der Waals surface area contributed by atoms with Gasteiger partial charge in [-0.25, -0.2) is 8.42 Å². The van der Waals surface area contributed by atoms with Gasteiger partial charge < -0.3 is 10.5 Å². The lowest BCUT2D eigenvalue weighted by molar-refractivity contribution is 0.374. The van der Waals surface area contributed by atoms with E-state index in [2.05, 4.69) is 14.9 Å². The third kappa shape index (κ3) is 1.86. The minimum absolute atomic E-state index is 0.365. The average molecular weight is 266 g/mol. The van der Waals surface area contributed by atoms with E-state index in [4.69, 9.17) is 10.5 Å². The molecule has 8 heteroatoms. The van der Waals surface area contributed by atoms with Gasteiger partial charge in [0, 0.05) is 11.6 Å². The lowest BCUT2D eigenvalue weighted by Crippen LogP contribution is -2.25. The Morgan fingerprint density at radius 3 is 2.89 bits per heavy atom. The molecule has 2 heterocycles. The monoisotopic (exact) mass is 266 g/mol. The molecule has 18 heavy (non-hydrogen) atoms. The van der Waals surface area contributed by atoms with Crippen LogP contribution in [0.5, 0.6) is 5.75 Å². The van der Waals surface area contributed by atoms with Crippen LogP contribution in [-0.4, -0.2) is 24.6 Å². The summed E-state index contributed by atoms with van der Waals surface area (Å²) in [4.78, 5) is 0. The highest BCUT2D eigenvalue weighted by atomic mass is 32.2. The van der Waals surface area contributed by atoms with Gasteiger partial charge in [0.25, 0.3) is 10.0 Å². The van der Waals surface area contributed by atoms with Gasteiger partial charge >= 0.3 is 0 Å². The van der Waals surface area contributed by atoms with Gasteiger partial charge in [0.05, 0.1) is 11.4 Å². The quantitative estimate of drug-likeness (QED) is 0.705. The van der Waals surface area contributed by atoms with Crippen molar-refractivity contribution in [3.05, 3.63) is 24.3 Å². The Bertz CT molecular complexity index is 708. The Morgan fingerprint density at radius 2 is 2.17 bits per heavy atom. The molecule has 0 saturated heterocycles. The number of sulfonamides is 1. The van der Waals surface area contributed by atoms with Gasteiger partial charge in [-0.1, -0.05) is 0 Å². The summed E-state index contributed by atoms with van der Waals surface area (Å²) in [6.07, 6.45) is 0. The fourth-order valence-corrected chi connectivity index (χ4v) is 2.56. The van der Waals surface area contributed by atoms with Crippen molar-refractivity contribution >= 4 is 21.5 Å². The Balaban J connectivity index is 2.05. The van der Waals surface area contributed by atoms with E-state index in [1.165, 1.54) is 0 Å². The number of benzene rings is 1. The lowest BCUT2D eigenvalue weighted by Gasteiger charge is -2.19. The van der Waals surface area contributed by atoms with Crippen molar-refractivity contribution in [3.8, 4) is 17.0 Å². The van der Waals surface area contributed by atoms with Crippen LogP contribution >= 0.6 is 0 Å². The molecule has 7 nitrogen and oxygen atoms in total. The second kappa shape index (κ2) is 3.64. The number of nitrogens with one attached hydrogen (secondary N) is 2. The van der Waals surface area contributed by atoms with Gasteiger partial charge in [0.2, 0.25) is 5.94 Å². The Morgan fingerprint density at radius 1 is 1.33 bits per heavy atom. The van der Waals surface area contributed by atoms with Gasteiger partial charge in [-0.05, 0) is 18.2 Å². The molecular formula is C10H10N4O3S. The lowest BCUT2D eigenvalue weighted by atomic mass is 10.1. The van der Waals surface area contributed by atoms with Crippen LogP contribution in [0.1, 0.15) is 0 Å². The third-order valence-electron chi connectivity index (χ3n) is 2.52. The number of aromatic amines is 1. The molecule has 0 aliphatic carbocycles. The maximum Gasteiger partial charge on any atom is 0.268 e. The molecule has 1 aliphatic heterocycles. The summed E-state index contributed by atoms with van der Waals surface area (Å²) in [6.45, 7) is 0. The van der Waals surface area contributed by atoms with Crippen LogP contribution in [0.2, 0.25) is 0 Å². The van der Waals surface area contributed by atoms with Crippen LogP contribution in [0.4, 0.5) is 11.5 Å². The van der Waals surface area contributed by atoms with E-state index < -0.39 is 10.0 Å². The third-order valence-corrected chi connectivity index (χ3v) is 3.48. The second-order valence-corrected chi connectivity index (χ2v) is 5.57. The maximum absolute atomic E-state index is 11.4. The molecule has 1 aromatic heterocycles. The minimum Gasteiger partial charge on any atom is -0.474 e. The molecule has 0 unspecified atom stereocenters. The highest BCUT2D eigenvalue weighted by molar-refractivity contribution is 7.92. The van der Waals surface area contributed by atoms with Crippen LogP contribution in [0.15, 0.2) is 24.3 Å². The van der Waals surface area contributed by atoms with Crippen molar-refractivity contribution in [2.75, 3.05) is 16.4 Å².